The van der Waals surface area contributed by atoms with Crippen molar-refractivity contribution in [3.63, 3.8) is 0 Å². The lowest BCUT2D eigenvalue weighted by Crippen LogP contribution is -2.36. The molecule has 0 radical (unpaired) electrons. The van der Waals surface area contributed by atoms with E-state index in [1.165, 1.54) is 0 Å². The minimum absolute atomic E-state index is 0.269. The smallest absolute Gasteiger partial charge is 0.338 e. The topological polar surface area (TPSA) is 47.6 Å². The number of carbonyl (C=O) groups is 1. The number of ether oxygens (including phenoxy) is 2. The summed E-state index contributed by atoms with van der Waals surface area (Å²) in [5.74, 6) is 0.274. The van der Waals surface area contributed by atoms with Gasteiger partial charge in [-0.1, -0.05) is 13.8 Å². The molecular weight excluding hydrogens is 266 g/mol. The van der Waals surface area contributed by atoms with Crippen LogP contribution in [0, 0.1) is 5.92 Å². The Bertz CT molecular complexity index is 456. The Morgan fingerprint density at radius 2 is 2.10 bits per heavy atom. The summed E-state index contributed by atoms with van der Waals surface area (Å²) in [6, 6.07) is 7.91. The molecular formula is C17H25NO3. The third-order valence-corrected chi connectivity index (χ3v) is 3.83. The van der Waals surface area contributed by atoms with Gasteiger partial charge in [-0.15, -0.1) is 0 Å². The van der Waals surface area contributed by atoms with Gasteiger partial charge in [0, 0.05) is 18.3 Å². The Kier molecular flexibility index (Phi) is 5.62. The molecule has 1 heterocycles. The normalized spacial score (nSPS) is 22.1. The lowest BCUT2D eigenvalue weighted by atomic mass is 9.95. The zero-order chi connectivity index (χ0) is 15.2. The van der Waals surface area contributed by atoms with E-state index in [1.54, 1.807) is 12.1 Å². The maximum absolute atomic E-state index is 11.6. The SMILES string of the molecule is CCOC(=O)c1ccc(NC2CCOC(C(C)C)C2)cc1. The molecule has 1 aliphatic rings. The largest absolute Gasteiger partial charge is 0.462 e. The highest BCUT2D eigenvalue weighted by molar-refractivity contribution is 5.89. The van der Waals surface area contributed by atoms with E-state index in [9.17, 15) is 4.79 Å². The van der Waals surface area contributed by atoms with Crippen LogP contribution in [0.2, 0.25) is 0 Å². The molecule has 0 aromatic heterocycles. The summed E-state index contributed by atoms with van der Waals surface area (Å²) in [5.41, 5.74) is 1.63. The van der Waals surface area contributed by atoms with E-state index in [4.69, 9.17) is 9.47 Å². The summed E-state index contributed by atoms with van der Waals surface area (Å²) in [6.07, 6.45) is 2.37. The highest BCUT2D eigenvalue weighted by Gasteiger charge is 2.24. The molecule has 2 unspecified atom stereocenters. The highest BCUT2D eigenvalue weighted by atomic mass is 16.5. The first kappa shape index (κ1) is 15.8. The van der Waals surface area contributed by atoms with Crippen LogP contribution in [0.25, 0.3) is 0 Å². The Morgan fingerprint density at radius 3 is 2.71 bits per heavy atom. The first-order valence-corrected chi connectivity index (χ1v) is 7.75. The second-order valence-corrected chi connectivity index (χ2v) is 5.82. The molecule has 1 fully saturated rings. The molecule has 1 aromatic rings. The van der Waals surface area contributed by atoms with E-state index in [1.807, 2.05) is 19.1 Å². The van der Waals surface area contributed by atoms with Crippen molar-refractivity contribution in [3.8, 4) is 0 Å². The molecule has 21 heavy (non-hydrogen) atoms. The second kappa shape index (κ2) is 7.46. The van der Waals surface area contributed by atoms with Gasteiger partial charge in [0.25, 0.3) is 0 Å². The van der Waals surface area contributed by atoms with Crippen molar-refractivity contribution in [3.05, 3.63) is 29.8 Å². The number of hydrogen-bond acceptors (Lipinski definition) is 4. The Hall–Kier alpha value is -1.55. The molecule has 1 aromatic carbocycles. The average molecular weight is 291 g/mol. The zero-order valence-corrected chi connectivity index (χ0v) is 13.1. The van der Waals surface area contributed by atoms with Gasteiger partial charge in [0.15, 0.2) is 0 Å². The van der Waals surface area contributed by atoms with E-state index in [-0.39, 0.29) is 5.97 Å². The van der Waals surface area contributed by atoms with E-state index in [0.29, 0.717) is 30.2 Å². The van der Waals surface area contributed by atoms with Crippen LogP contribution in [0.3, 0.4) is 0 Å². The average Bonchev–Trinajstić information content (AvgIpc) is 2.48. The van der Waals surface area contributed by atoms with Gasteiger partial charge in [-0.3, -0.25) is 0 Å². The van der Waals surface area contributed by atoms with Crippen molar-refractivity contribution in [2.75, 3.05) is 18.5 Å². The first-order chi connectivity index (χ1) is 10.1. The molecule has 1 aliphatic heterocycles. The van der Waals surface area contributed by atoms with E-state index < -0.39 is 0 Å². The summed E-state index contributed by atoms with van der Waals surface area (Å²) >= 11 is 0. The van der Waals surface area contributed by atoms with Gasteiger partial charge in [-0.25, -0.2) is 4.79 Å². The zero-order valence-electron chi connectivity index (χ0n) is 13.1. The van der Waals surface area contributed by atoms with Crippen molar-refractivity contribution in [2.24, 2.45) is 5.92 Å². The fourth-order valence-electron chi connectivity index (χ4n) is 2.58. The predicted molar refractivity (Wildman–Crippen MR) is 83.6 cm³/mol. The van der Waals surface area contributed by atoms with Crippen LogP contribution >= 0.6 is 0 Å². The van der Waals surface area contributed by atoms with Crippen molar-refractivity contribution < 1.29 is 14.3 Å². The van der Waals surface area contributed by atoms with Gasteiger partial charge >= 0.3 is 5.97 Å². The van der Waals surface area contributed by atoms with Gasteiger partial charge in [0.2, 0.25) is 0 Å². The summed E-state index contributed by atoms with van der Waals surface area (Å²) in [6.45, 7) is 7.41. The van der Waals surface area contributed by atoms with Crippen molar-refractivity contribution in [2.45, 2.75) is 45.8 Å². The number of rotatable bonds is 5. The molecule has 0 spiro atoms. The molecule has 4 heteroatoms. The van der Waals surface area contributed by atoms with Crippen LogP contribution in [0.5, 0.6) is 0 Å². The van der Waals surface area contributed by atoms with Gasteiger partial charge in [0.1, 0.15) is 0 Å². The third kappa shape index (κ3) is 4.46. The van der Waals surface area contributed by atoms with E-state index >= 15 is 0 Å². The number of esters is 1. The van der Waals surface area contributed by atoms with Crippen LogP contribution in [0.15, 0.2) is 24.3 Å². The van der Waals surface area contributed by atoms with E-state index in [2.05, 4.69) is 19.2 Å². The summed E-state index contributed by atoms with van der Waals surface area (Å²) in [4.78, 5) is 11.6. The standard InChI is InChI=1S/C17H25NO3/c1-4-20-17(19)13-5-7-14(8-6-13)18-15-9-10-21-16(11-15)12(2)3/h5-8,12,15-16,18H,4,9-11H2,1-3H3. The fraction of sp³-hybridized carbons (Fsp3) is 0.588. The minimum atomic E-state index is -0.269. The highest BCUT2D eigenvalue weighted by Crippen LogP contribution is 2.23. The molecule has 116 valence electrons. The molecule has 1 saturated heterocycles. The number of hydrogen-bond donors (Lipinski definition) is 1. The number of nitrogens with one attached hydrogen (secondary N) is 1. The lowest BCUT2D eigenvalue weighted by molar-refractivity contribution is -0.0160. The molecule has 0 aliphatic carbocycles. The van der Waals surface area contributed by atoms with E-state index in [0.717, 1.165) is 25.1 Å². The van der Waals surface area contributed by atoms with Crippen LogP contribution in [-0.4, -0.2) is 31.3 Å². The maximum atomic E-state index is 11.6. The quantitative estimate of drug-likeness (QED) is 0.844. The van der Waals surface area contributed by atoms with Gasteiger partial charge in [0.05, 0.1) is 18.3 Å². The predicted octanol–water partition coefficient (Wildman–Crippen LogP) is 3.48. The number of anilines is 1. The van der Waals surface area contributed by atoms with Crippen LogP contribution < -0.4 is 5.32 Å². The van der Waals surface area contributed by atoms with Crippen LogP contribution in [0.1, 0.15) is 44.0 Å². The second-order valence-electron chi connectivity index (χ2n) is 5.82. The Balaban J connectivity index is 1.92. The number of carbonyl (C=O) groups excluding carboxylic acids is 1. The van der Waals surface area contributed by atoms with Crippen molar-refractivity contribution in [1.82, 2.24) is 0 Å². The summed E-state index contributed by atoms with van der Waals surface area (Å²) in [7, 11) is 0. The molecule has 1 N–H and O–H groups in total. The Labute approximate surface area is 126 Å². The van der Waals surface area contributed by atoms with Crippen molar-refractivity contribution in [1.29, 1.82) is 0 Å². The van der Waals surface area contributed by atoms with Crippen molar-refractivity contribution >= 4 is 11.7 Å². The maximum Gasteiger partial charge on any atom is 0.338 e. The first-order valence-electron chi connectivity index (χ1n) is 7.75. The Morgan fingerprint density at radius 1 is 1.38 bits per heavy atom. The third-order valence-electron chi connectivity index (χ3n) is 3.83. The summed E-state index contributed by atoms with van der Waals surface area (Å²) < 4.78 is 10.8. The number of benzene rings is 1. The molecule has 4 nitrogen and oxygen atoms in total. The lowest BCUT2D eigenvalue weighted by Gasteiger charge is -2.33. The molecule has 0 bridgehead atoms. The van der Waals surface area contributed by atoms with Crippen LogP contribution in [-0.2, 0) is 9.47 Å². The molecule has 0 amide bonds. The fourth-order valence-corrected chi connectivity index (χ4v) is 2.58. The molecule has 0 saturated carbocycles. The molecule has 2 atom stereocenters. The minimum Gasteiger partial charge on any atom is -0.462 e. The van der Waals surface area contributed by atoms with Gasteiger partial charge < -0.3 is 14.8 Å². The summed E-state index contributed by atoms with van der Waals surface area (Å²) in [5, 5.41) is 3.53. The molecule has 2 rings (SSSR count). The van der Waals surface area contributed by atoms with Crippen LogP contribution in [0.4, 0.5) is 5.69 Å². The van der Waals surface area contributed by atoms with Gasteiger partial charge in [-0.2, -0.15) is 0 Å². The monoisotopic (exact) mass is 291 g/mol. The van der Waals surface area contributed by atoms with Gasteiger partial charge in [-0.05, 0) is 49.9 Å².